The standard InChI is InChI=1S/C19H28N2O3/c1-14(2)11-15(9-10-22)12-20-18(23)13-21-17-6-4-3-5-16(17)7-8-19(21)24/h3-6,14-15,22H,7-13H2,1-2H3,(H,20,23). The van der Waals surface area contributed by atoms with Crippen LogP contribution in [0, 0.1) is 11.8 Å². The molecule has 0 aliphatic carbocycles. The number of carbonyl (C=O) groups excluding carboxylic acids is 2. The third kappa shape index (κ3) is 5.06. The van der Waals surface area contributed by atoms with Crippen LogP contribution in [0.4, 0.5) is 5.69 Å². The van der Waals surface area contributed by atoms with E-state index in [2.05, 4.69) is 19.2 Å². The van der Waals surface area contributed by atoms with Gasteiger partial charge in [-0.2, -0.15) is 0 Å². The van der Waals surface area contributed by atoms with E-state index in [1.165, 1.54) is 0 Å². The predicted molar refractivity (Wildman–Crippen MR) is 94.8 cm³/mol. The van der Waals surface area contributed by atoms with E-state index in [1.807, 2.05) is 24.3 Å². The number of aliphatic hydroxyl groups is 1. The number of hydrogen-bond donors (Lipinski definition) is 2. The molecular weight excluding hydrogens is 304 g/mol. The van der Waals surface area contributed by atoms with Crippen LogP contribution in [0.25, 0.3) is 0 Å². The maximum absolute atomic E-state index is 12.3. The minimum absolute atomic E-state index is 0.00191. The summed E-state index contributed by atoms with van der Waals surface area (Å²) < 4.78 is 0. The van der Waals surface area contributed by atoms with Gasteiger partial charge in [0, 0.05) is 25.3 Å². The molecule has 1 aliphatic heterocycles. The lowest BCUT2D eigenvalue weighted by atomic mass is 9.94. The molecule has 1 unspecified atom stereocenters. The van der Waals surface area contributed by atoms with Gasteiger partial charge < -0.3 is 15.3 Å². The molecule has 0 fully saturated rings. The second-order valence-corrected chi connectivity index (χ2v) is 6.92. The van der Waals surface area contributed by atoms with Crippen molar-refractivity contribution in [2.75, 3.05) is 24.6 Å². The summed E-state index contributed by atoms with van der Waals surface area (Å²) in [6, 6.07) is 7.75. The first-order chi connectivity index (χ1) is 11.5. The molecule has 0 saturated carbocycles. The molecule has 0 spiro atoms. The molecule has 0 saturated heterocycles. The van der Waals surface area contributed by atoms with Crippen LogP contribution in [0.15, 0.2) is 24.3 Å². The number of para-hydroxylation sites is 1. The lowest BCUT2D eigenvalue weighted by molar-refractivity contribution is -0.124. The number of benzene rings is 1. The molecule has 1 heterocycles. The Balaban J connectivity index is 1.93. The van der Waals surface area contributed by atoms with E-state index >= 15 is 0 Å². The van der Waals surface area contributed by atoms with Crippen LogP contribution >= 0.6 is 0 Å². The summed E-state index contributed by atoms with van der Waals surface area (Å²) in [5.41, 5.74) is 1.96. The van der Waals surface area contributed by atoms with Crippen LogP contribution < -0.4 is 10.2 Å². The van der Waals surface area contributed by atoms with E-state index in [4.69, 9.17) is 5.11 Å². The Bertz CT molecular complexity index is 571. The number of aryl methyl sites for hydroxylation is 1. The lowest BCUT2D eigenvalue weighted by Crippen LogP contribution is -2.44. The van der Waals surface area contributed by atoms with Gasteiger partial charge in [0.05, 0.1) is 0 Å². The predicted octanol–water partition coefficient (Wildman–Crippen LogP) is 2.13. The summed E-state index contributed by atoms with van der Waals surface area (Å²) in [7, 11) is 0. The number of amides is 2. The van der Waals surface area contributed by atoms with Crippen molar-refractivity contribution in [3.8, 4) is 0 Å². The number of anilines is 1. The summed E-state index contributed by atoms with van der Waals surface area (Å²) >= 11 is 0. The van der Waals surface area contributed by atoms with E-state index in [-0.39, 0.29) is 30.9 Å². The molecule has 2 N–H and O–H groups in total. The average Bonchev–Trinajstić information content (AvgIpc) is 2.55. The van der Waals surface area contributed by atoms with Gasteiger partial charge in [0.25, 0.3) is 0 Å². The summed E-state index contributed by atoms with van der Waals surface area (Å²) in [4.78, 5) is 26.1. The highest BCUT2D eigenvalue weighted by Gasteiger charge is 2.25. The molecule has 5 heteroatoms. The minimum atomic E-state index is -0.147. The van der Waals surface area contributed by atoms with Crippen molar-refractivity contribution < 1.29 is 14.7 Å². The minimum Gasteiger partial charge on any atom is -0.396 e. The Morgan fingerprint density at radius 1 is 1.29 bits per heavy atom. The fourth-order valence-electron chi connectivity index (χ4n) is 3.28. The molecule has 24 heavy (non-hydrogen) atoms. The summed E-state index contributed by atoms with van der Waals surface area (Å²) in [6.07, 6.45) is 2.83. The van der Waals surface area contributed by atoms with Crippen molar-refractivity contribution >= 4 is 17.5 Å². The smallest absolute Gasteiger partial charge is 0.240 e. The molecule has 1 aromatic rings. The number of fused-ring (bicyclic) bond motifs is 1. The fourth-order valence-corrected chi connectivity index (χ4v) is 3.28. The van der Waals surface area contributed by atoms with Gasteiger partial charge in [-0.1, -0.05) is 32.0 Å². The van der Waals surface area contributed by atoms with Gasteiger partial charge in [0.1, 0.15) is 6.54 Å². The normalized spacial score (nSPS) is 15.3. The number of hydrogen-bond acceptors (Lipinski definition) is 3. The van der Waals surface area contributed by atoms with Gasteiger partial charge in [0.2, 0.25) is 11.8 Å². The Morgan fingerprint density at radius 2 is 2.04 bits per heavy atom. The molecule has 132 valence electrons. The lowest BCUT2D eigenvalue weighted by Gasteiger charge is -2.29. The molecule has 5 nitrogen and oxygen atoms in total. The Hall–Kier alpha value is -1.88. The Morgan fingerprint density at radius 3 is 2.75 bits per heavy atom. The van der Waals surface area contributed by atoms with Gasteiger partial charge >= 0.3 is 0 Å². The zero-order chi connectivity index (χ0) is 17.5. The van der Waals surface area contributed by atoms with Crippen LogP contribution in [-0.4, -0.2) is 36.6 Å². The van der Waals surface area contributed by atoms with Crippen molar-refractivity contribution in [1.29, 1.82) is 0 Å². The van der Waals surface area contributed by atoms with Gasteiger partial charge in [-0.05, 0) is 42.7 Å². The molecular formula is C19H28N2O3. The maximum Gasteiger partial charge on any atom is 0.240 e. The van der Waals surface area contributed by atoms with Gasteiger partial charge in [-0.15, -0.1) is 0 Å². The SMILES string of the molecule is CC(C)CC(CCO)CNC(=O)CN1C(=O)CCc2ccccc21. The molecule has 2 rings (SSSR count). The largest absolute Gasteiger partial charge is 0.396 e. The van der Waals surface area contributed by atoms with Crippen LogP contribution in [-0.2, 0) is 16.0 Å². The van der Waals surface area contributed by atoms with Crippen molar-refractivity contribution in [3.05, 3.63) is 29.8 Å². The topological polar surface area (TPSA) is 69.6 Å². The van der Waals surface area contributed by atoms with Crippen LogP contribution in [0.3, 0.4) is 0 Å². The summed E-state index contributed by atoms with van der Waals surface area (Å²) in [5, 5.41) is 12.1. The van der Waals surface area contributed by atoms with Gasteiger partial charge in [0.15, 0.2) is 0 Å². The first-order valence-electron chi connectivity index (χ1n) is 8.77. The first kappa shape index (κ1) is 18.5. The van der Waals surface area contributed by atoms with E-state index < -0.39 is 0 Å². The molecule has 0 bridgehead atoms. The molecule has 1 atom stereocenters. The summed E-state index contributed by atoms with van der Waals surface area (Å²) in [6.45, 7) is 5.00. The van der Waals surface area contributed by atoms with Gasteiger partial charge in [-0.3, -0.25) is 9.59 Å². The second-order valence-electron chi connectivity index (χ2n) is 6.92. The monoisotopic (exact) mass is 332 g/mol. The van der Waals surface area contributed by atoms with Crippen LogP contribution in [0.1, 0.15) is 38.7 Å². The average molecular weight is 332 g/mol. The number of nitrogens with zero attached hydrogens (tertiary/aromatic N) is 1. The number of rotatable bonds is 8. The first-order valence-corrected chi connectivity index (χ1v) is 8.77. The zero-order valence-corrected chi connectivity index (χ0v) is 14.6. The van der Waals surface area contributed by atoms with E-state index in [1.54, 1.807) is 4.90 Å². The number of nitrogens with one attached hydrogen (secondary N) is 1. The third-order valence-corrected chi connectivity index (χ3v) is 4.42. The fraction of sp³-hybridized carbons (Fsp3) is 0.579. The Kier molecular flexibility index (Phi) is 6.79. The van der Waals surface area contributed by atoms with Gasteiger partial charge in [-0.25, -0.2) is 0 Å². The van der Waals surface area contributed by atoms with Crippen LogP contribution in [0.5, 0.6) is 0 Å². The molecule has 0 radical (unpaired) electrons. The van der Waals surface area contributed by atoms with Crippen LogP contribution in [0.2, 0.25) is 0 Å². The highest BCUT2D eigenvalue weighted by Crippen LogP contribution is 2.27. The highest BCUT2D eigenvalue weighted by molar-refractivity contribution is 6.00. The molecule has 2 amide bonds. The molecule has 0 aromatic heterocycles. The Labute approximate surface area is 144 Å². The molecule has 1 aliphatic rings. The number of carbonyl (C=O) groups is 2. The summed E-state index contributed by atoms with van der Waals surface area (Å²) in [5.74, 6) is 0.641. The van der Waals surface area contributed by atoms with Crippen molar-refractivity contribution in [2.24, 2.45) is 11.8 Å². The maximum atomic E-state index is 12.3. The number of aliphatic hydroxyl groups excluding tert-OH is 1. The van der Waals surface area contributed by atoms with Crippen molar-refractivity contribution in [1.82, 2.24) is 5.32 Å². The zero-order valence-electron chi connectivity index (χ0n) is 14.6. The van der Waals surface area contributed by atoms with Crippen molar-refractivity contribution in [2.45, 2.75) is 39.5 Å². The van der Waals surface area contributed by atoms with Crippen molar-refractivity contribution in [3.63, 3.8) is 0 Å². The second kappa shape index (κ2) is 8.83. The van der Waals surface area contributed by atoms with E-state index in [9.17, 15) is 9.59 Å². The molecule has 1 aromatic carbocycles. The third-order valence-electron chi connectivity index (χ3n) is 4.42. The van der Waals surface area contributed by atoms with E-state index in [0.717, 1.165) is 24.1 Å². The quantitative estimate of drug-likeness (QED) is 0.766. The highest BCUT2D eigenvalue weighted by atomic mass is 16.3. The van der Waals surface area contributed by atoms with E-state index in [0.29, 0.717) is 25.3 Å².